The number of anilines is 1. The third kappa shape index (κ3) is 3.76. The molecule has 1 N–H and O–H groups in total. The summed E-state index contributed by atoms with van der Waals surface area (Å²) >= 11 is 0. The maximum absolute atomic E-state index is 13.6. The number of aryl methyl sites for hydroxylation is 1. The van der Waals surface area contributed by atoms with Gasteiger partial charge in [0.05, 0.1) is 17.5 Å². The summed E-state index contributed by atoms with van der Waals surface area (Å²) in [6.45, 7) is 1.63. The first-order valence-corrected chi connectivity index (χ1v) is 7.60. The zero-order chi connectivity index (χ0) is 19.6. The van der Waals surface area contributed by atoms with Gasteiger partial charge in [0.15, 0.2) is 23.3 Å². The van der Waals surface area contributed by atoms with E-state index in [4.69, 9.17) is 0 Å². The highest BCUT2D eigenvalue weighted by Gasteiger charge is 2.24. The van der Waals surface area contributed by atoms with Crippen LogP contribution >= 0.6 is 0 Å². The highest BCUT2D eigenvalue weighted by molar-refractivity contribution is 5.81. The van der Waals surface area contributed by atoms with Crippen LogP contribution in [0.25, 0.3) is 11.3 Å². The van der Waals surface area contributed by atoms with Crippen LogP contribution in [0.4, 0.5) is 27.8 Å². The molecule has 0 aliphatic rings. The number of rotatable bonds is 4. The number of hydrogen-bond acceptors (Lipinski definition) is 4. The molecule has 0 bridgehead atoms. The molecule has 4 nitrogen and oxygen atoms in total. The highest BCUT2D eigenvalue weighted by Crippen LogP contribution is 2.22. The third-order valence-electron chi connectivity index (χ3n) is 3.52. The van der Waals surface area contributed by atoms with E-state index >= 15 is 0 Å². The largest absolute Gasteiger partial charge is 0.261 e. The van der Waals surface area contributed by atoms with E-state index in [0.717, 1.165) is 5.56 Å². The first-order chi connectivity index (χ1) is 12.9. The summed E-state index contributed by atoms with van der Waals surface area (Å²) in [6.07, 6.45) is 0.496. The molecule has 9 heteroatoms. The average molecular weight is 378 g/mol. The van der Waals surface area contributed by atoms with Gasteiger partial charge in [-0.15, -0.1) is 0 Å². The normalized spacial score (nSPS) is 11.2. The van der Waals surface area contributed by atoms with Crippen LogP contribution in [0.2, 0.25) is 0 Å². The molecule has 1 aromatic heterocycles. The van der Waals surface area contributed by atoms with Crippen molar-refractivity contribution >= 4 is 12.0 Å². The van der Waals surface area contributed by atoms with Gasteiger partial charge in [0.1, 0.15) is 11.6 Å². The molecule has 3 rings (SSSR count). The van der Waals surface area contributed by atoms with Crippen molar-refractivity contribution in [3.05, 3.63) is 76.9 Å². The molecule has 0 saturated heterocycles. The highest BCUT2D eigenvalue weighted by atomic mass is 19.2. The molecule has 2 aromatic carbocycles. The summed E-state index contributed by atoms with van der Waals surface area (Å²) in [4.78, 5) is 8.32. The Bertz CT molecular complexity index is 993. The maximum atomic E-state index is 13.6. The maximum Gasteiger partial charge on any atom is 0.200 e. The number of aromatic nitrogens is 2. The Balaban J connectivity index is 1.89. The fourth-order valence-corrected chi connectivity index (χ4v) is 2.28. The van der Waals surface area contributed by atoms with Crippen molar-refractivity contribution in [2.45, 2.75) is 6.92 Å². The minimum atomic E-state index is -2.23. The summed E-state index contributed by atoms with van der Waals surface area (Å²) in [6, 6.07) is 10.7. The fourth-order valence-electron chi connectivity index (χ4n) is 2.28. The molecule has 27 heavy (non-hydrogen) atoms. The van der Waals surface area contributed by atoms with Crippen molar-refractivity contribution < 1.29 is 22.0 Å². The minimum absolute atomic E-state index is 0.182. The molecule has 1 heterocycles. The van der Waals surface area contributed by atoms with E-state index in [1.54, 1.807) is 6.92 Å². The smallest absolute Gasteiger partial charge is 0.200 e. The molecular weight excluding hydrogens is 367 g/mol. The fraction of sp³-hybridized carbons (Fsp3) is 0.0556. The van der Waals surface area contributed by atoms with Crippen LogP contribution in [0.3, 0.4) is 0 Å². The molecule has 0 aliphatic carbocycles. The van der Waals surface area contributed by atoms with Crippen molar-refractivity contribution in [2.24, 2.45) is 5.10 Å². The van der Waals surface area contributed by atoms with Crippen LogP contribution in [-0.2, 0) is 0 Å². The lowest BCUT2D eigenvalue weighted by atomic mass is 10.1. The second-order valence-electron chi connectivity index (χ2n) is 5.41. The lowest BCUT2D eigenvalue weighted by Crippen LogP contribution is -2.07. The van der Waals surface area contributed by atoms with Crippen LogP contribution in [0.1, 0.15) is 11.4 Å². The molecule has 138 valence electrons. The van der Waals surface area contributed by atoms with Gasteiger partial charge in [0, 0.05) is 11.6 Å². The van der Waals surface area contributed by atoms with Gasteiger partial charge >= 0.3 is 0 Å². The first-order valence-electron chi connectivity index (χ1n) is 7.60. The zero-order valence-corrected chi connectivity index (χ0v) is 13.8. The number of nitrogens with one attached hydrogen (secondary N) is 1. The summed E-state index contributed by atoms with van der Waals surface area (Å²) < 4.78 is 66.6. The Hall–Kier alpha value is -3.36. The van der Waals surface area contributed by atoms with Crippen LogP contribution in [0.5, 0.6) is 0 Å². The van der Waals surface area contributed by atoms with E-state index in [1.807, 2.05) is 30.3 Å². The molecule has 0 radical (unpaired) electrons. The number of hydrazone groups is 1. The van der Waals surface area contributed by atoms with Crippen molar-refractivity contribution in [2.75, 3.05) is 5.43 Å². The third-order valence-corrected chi connectivity index (χ3v) is 3.52. The lowest BCUT2D eigenvalue weighted by molar-refractivity contribution is 0.377. The van der Waals surface area contributed by atoms with Crippen molar-refractivity contribution in [3.8, 4) is 11.3 Å². The van der Waals surface area contributed by atoms with Crippen LogP contribution in [-0.4, -0.2) is 16.2 Å². The Kier molecular flexibility index (Phi) is 5.11. The standard InChI is InChI=1S/C18H11F5N4/c1-9-25-12(10-5-3-2-4-6-10)7-13(26-9)27-24-8-11-14(19)16(21)18(23)17(22)15(11)20/h2-8H,1H3,(H,25,26,27)/b24-8-. The van der Waals surface area contributed by atoms with E-state index in [2.05, 4.69) is 20.5 Å². The minimum Gasteiger partial charge on any atom is -0.261 e. The van der Waals surface area contributed by atoms with Gasteiger partial charge in [-0.2, -0.15) is 5.10 Å². The molecule has 0 aliphatic heterocycles. The quantitative estimate of drug-likeness (QED) is 0.237. The predicted molar refractivity (Wildman–Crippen MR) is 89.7 cm³/mol. The lowest BCUT2D eigenvalue weighted by Gasteiger charge is -2.06. The predicted octanol–water partition coefficient (Wildman–Crippen LogP) is 4.59. The Morgan fingerprint density at radius 2 is 1.44 bits per heavy atom. The van der Waals surface area contributed by atoms with E-state index in [-0.39, 0.29) is 5.82 Å². The van der Waals surface area contributed by atoms with E-state index < -0.39 is 34.6 Å². The van der Waals surface area contributed by atoms with Crippen molar-refractivity contribution in [1.29, 1.82) is 0 Å². The molecular formula is C18H11F5N4. The number of hydrogen-bond donors (Lipinski definition) is 1. The van der Waals surface area contributed by atoms with Gasteiger partial charge in [0.2, 0.25) is 5.82 Å². The van der Waals surface area contributed by atoms with Crippen LogP contribution in [0, 0.1) is 36.0 Å². The molecule has 0 spiro atoms. The van der Waals surface area contributed by atoms with Crippen LogP contribution < -0.4 is 5.43 Å². The average Bonchev–Trinajstić information content (AvgIpc) is 2.68. The molecule has 0 unspecified atom stereocenters. The second-order valence-corrected chi connectivity index (χ2v) is 5.41. The summed E-state index contributed by atoms with van der Waals surface area (Å²) in [5.74, 6) is -9.68. The Labute approximate surface area is 150 Å². The van der Waals surface area contributed by atoms with Gasteiger partial charge in [-0.3, -0.25) is 5.43 Å². The Morgan fingerprint density at radius 1 is 0.852 bits per heavy atom. The molecule has 0 amide bonds. The number of halogens is 5. The van der Waals surface area contributed by atoms with Gasteiger partial charge in [-0.05, 0) is 6.92 Å². The van der Waals surface area contributed by atoms with Crippen LogP contribution in [0.15, 0.2) is 41.5 Å². The van der Waals surface area contributed by atoms with E-state index in [0.29, 0.717) is 17.7 Å². The SMILES string of the molecule is Cc1nc(N/N=C\c2c(F)c(F)c(F)c(F)c2F)cc(-c2ccccc2)n1. The summed E-state index contributed by atoms with van der Waals surface area (Å²) in [5.41, 5.74) is 2.61. The monoisotopic (exact) mass is 378 g/mol. The number of nitrogens with zero attached hydrogens (tertiary/aromatic N) is 3. The van der Waals surface area contributed by atoms with Gasteiger partial charge in [-0.25, -0.2) is 31.9 Å². The Morgan fingerprint density at radius 3 is 2.07 bits per heavy atom. The number of benzene rings is 2. The first kappa shape index (κ1) is 18.4. The zero-order valence-electron chi connectivity index (χ0n) is 13.8. The van der Waals surface area contributed by atoms with E-state index in [9.17, 15) is 22.0 Å². The van der Waals surface area contributed by atoms with Gasteiger partial charge in [-0.1, -0.05) is 30.3 Å². The summed E-state index contributed by atoms with van der Waals surface area (Å²) in [7, 11) is 0. The van der Waals surface area contributed by atoms with Gasteiger partial charge < -0.3 is 0 Å². The van der Waals surface area contributed by atoms with E-state index in [1.165, 1.54) is 6.07 Å². The molecule has 0 saturated carbocycles. The van der Waals surface area contributed by atoms with Gasteiger partial charge in [0.25, 0.3) is 0 Å². The van der Waals surface area contributed by atoms with Crippen molar-refractivity contribution in [3.63, 3.8) is 0 Å². The second kappa shape index (κ2) is 7.48. The molecule has 0 fully saturated rings. The molecule has 0 atom stereocenters. The molecule has 3 aromatic rings. The summed E-state index contributed by atoms with van der Waals surface area (Å²) in [5, 5.41) is 3.52. The topological polar surface area (TPSA) is 50.2 Å². The van der Waals surface area contributed by atoms with Crippen molar-refractivity contribution in [1.82, 2.24) is 9.97 Å².